The number of esters is 1. The Morgan fingerprint density at radius 1 is 0.595 bits per heavy atom. The summed E-state index contributed by atoms with van der Waals surface area (Å²) in [6, 6.07) is -14.7. The molecule has 1 aromatic heterocycles. The average Bonchev–Trinajstić information content (AvgIpc) is 1.58. The van der Waals surface area contributed by atoms with Gasteiger partial charge in [-0.2, -0.15) is 0 Å². The first-order valence-corrected chi connectivity index (χ1v) is 37.9. The van der Waals surface area contributed by atoms with Gasteiger partial charge in [0.2, 0.25) is 88.6 Å². The first-order valence-electron chi connectivity index (χ1n) is 37.9. The summed E-state index contributed by atoms with van der Waals surface area (Å²) in [4.78, 5) is 277. The number of hydrogen-bond donors (Lipinski definition) is 20. The number of carboxylic acids is 4. The van der Waals surface area contributed by atoms with E-state index in [1.54, 1.807) is 30.5 Å². The van der Waals surface area contributed by atoms with Crippen molar-refractivity contribution in [1.82, 2.24) is 73.7 Å². The molecule has 15 atom stereocenters. The van der Waals surface area contributed by atoms with Gasteiger partial charge in [-0.25, -0.2) is 9.59 Å². The van der Waals surface area contributed by atoms with Gasteiger partial charge in [0.15, 0.2) is 6.10 Å². The zero-order valence-corrected chi connectivity index (χ0v) is 66.1. The fraction of sp³-hybridized carbons (Fsp3) is 0.616. The van der Waals surface area contributed by atoms with Crippen LogP contribution >= 0.6 is 0 Å². The first-order chi connectivity index (χ1) is 54.6. The van der Waals surface area contributed by atoms with Gasteiger partial charge < -0.3 is 121 Å². The van der Waals surface area contributed by atoms with Crippen molar-refractivity contribution in [2.75, 3.05) is 33.8 Å². The zero-order chi connectivity index (χ0) is 87.2. The van der Waals surface area contributed by atoms with Crippen LogP contribution in [0.15, 0.2) is 30.5 Å². The molecule has 1 fully saturated rings. The number of aliphatic carboxylic acids is 4. The molecule has 15 unspecified atom stereocenters. The maximum atomic E-state index is 15.0. The van der Waals surface area contributed by atoms with E-state index in [9.17, 15) is 116 Å². The number of fused-ring (bicyclic) bond motifs is 1. The minimum Gasteiger partial charge on any atom is -0.481 e. The van der Waals surface area contributed by atoms with Crippen molar-refractivity contribution in [1.29, 1.82) is 0 Å². The summed E-state index contributed by atoms with van der Waals surface area (Å²) in [5, 5.41) is 67.3. The monoisotopic (exact) mass is 1640 g/mol. The Hall–Kier alpha value is -11.9. The summed E-state index contributed by atoms with van der Waals surface area (Å²) in [5.41, 5.74) is 17.9. The summed E-state index contributed by atoms with van der Waals surface area (Å²) in [6.07, 6.45) is -4.63. The topological polar surface area (TPSA) is 682 Å². The molecule has 1 aromatic carbocycles. The molecule has 0 saturated carbocycles. The van der Waals surface area contributed by atoms with Gasteiger partial charge in [-0.05, 0) is 82.4 Å². The number of H-pyrrole nitrogens is 1. The van der Waals surface area contributed by atoms with Crippen molar-refractivity contribution >= 4 is 129 Å². The van der Waals surface area contributed by atoms with Crippen LogP contribution in [0.1, 0.15) is 163 Å². The van der Waals surface area contributed by atoms with E-state index >= 15 is 0 Å². The van der Waals surface area contributed by atoms with Crippen molar-refractivity contribution in [3.05, 3.63) is 36.0 Å². The van der Waals surface area contributed by atoms with E-state index in [0.717, 1.165) is 53.7 Å². The lowest BCUT2D eigenvalue weighted by Crippen LogP contribution is -2.62. The number of methoxy groups -OCH3 is 1. The standard InChI is InChI=1S/C73H111N17O26/c1-9-36(3)19-13-11-12-14-23-52(93)80-46(29-40-33-77-42-21-16-15-20-41(40)42)66(106)83-44(24-26-55(96)97)63(103)86-48(31-51(76)92)69(109)88-59-39(6)116-73(114)58(37(4)10-2)87-65(105)45(25-27-56(98)99)84-67(107)47(30-50(75)91)81-53(94)34-78-70(110)60(61(115-8)72(112)113)89-64(104)43(22-17-18-28-74)82-68(108)49(32-57(100)101)85-62(102)38(5)79-54(95)35-90(7)71(59)111/h15-16,20-21,33,36-39,43-49,58-61,77H,9-14,17-19,22-32,34-35,74H2,1-8H3,(H2,75,91)(H2,76,92)(H,78,110)(H,79,95)(H,80,93)(H,81,94)(H,82,108)(H,83,106)(H,84,107)(H,85,102)(H,86,103)(H,87,105)(H,88,109)(H,89,104)(H,96,97)(H,98,99)(H,100,101)(H,112,113). The molecule has 0 aliphatic carbocycles. The number of benzene rings is 1. The van der Waals surface area contributed by atoms with E-state index in [4.69, 9.17) is 26.7 Å². The Morgan fingerprint density at radius 2 is 1.18 bits per heavy atom. The second-order valence-corrected chi connectivity index (χ2v) is 28.3. The van der Waals surface area contributed by atoms with Crippen molar-refractivity contribution < 1.29 is 126 Å². The number of carbonyl (C=O) groups excluding carboxylic acids is 16. The van der Waals surface area contributed by atoms with Crippen molar-refractivity contribution in [2.45, 2.75) is 242 Å². The SMILES string of the molecule is CCC(C)CCCCCCC(=O)NC(Cc1c[nH]c2ccccc12)C(=O)NC(CCC(=O)O)C(=O)NC(CC(N)=O)C(=O)NC1C(=O)N(C)CC(=O)NC(C)C(=O)NC(CC(=O)O)C(=O)NC(CCCCN)C(=O)NC(C(OC)C(=O)O)C(=O)NCC(=O)NC(CC(N)=O)C(=O)NC(CCC(=O)O)C(=O)NC(C(C)CC)C(=O)OC1C. The number of hydrogen-bond acceptors (Lipinski definition) is 23. The predicted molar refractivity (Wildman–Crippen MR) is 407 cm³/mol. The number of para-hydroxylation sites is 1. The van der Waals surface area contributed by atoms with Gasteiger partial charge in [0.1, 0.15) is 72.6 Å². The van der Waals surface area contributed by atoms with Crippen LogP contribution in [-0.2, 0) is 112 Å². The van der Waals surface area contributed by atoms with E-state index in [2.05, 4.69) is 77.3 Å². The van der Waals surface area contributed by atoms with Crippen LogP contribution in [0, 0.1) is 11.8 Å². The lowest BCUT2D eigenvalue weighted by Gasteiger charge is -2.32. The molecule has 1 saturated heterocycles. The first kappa shape index (κ1) is 98.3. The molecule has 0 bridgehead atoms. The highest BCUT2D eigenvalue weighted by Crippen LogP contribution is 2.22. The number of nitrogens with two attached hydrogens (primary N) is 3. The van der Waals surface area contributed by atoms with E-state index in [1.807, 2.05) is 5.32 Å². The Bertz CT molecular complexity index is 3840. The number of nitrogens with zero attached hydrogens (tertiary/aromatic N) is 1. The molecule has 0 radical (unpaired) electrons. The number of aromatic amines is 1. The molecule has 15 amide bonds. The molecule has 644 valence electrons. The lowest BCUT2D eigenvalue weighted by atomic mass is 9.98. The van der Waals surface area contributed by atoms with Crippen LogP contribution in [0.5, 0.6) is 0 Å². The Balaban J connectivity index is 2.25. The van der Waals surface area contributed by atoms with Crippen LogP contribution in [0.25, 0.3) is 10.9 Å². The van der Waals surface area contributed by atoms with Crippen LogP contribution in [-0.4, -0.2) is 261 Å². The molecule has 116 heavy (non-hydrogen) atoms. The number of nitrogens with one attached hydrogen (secondary N) is 13. The summed E-state index contributed by atoms with van der Waals surface area (Å²) in [7, 11) is 1.75. The van der Waals surface area contributed by atoms with E-state index < -0.39 is 261 Å². The van der Waals surface area contributed by atoms with Crippen LogP contribution < -0.4 is 81.0 Å². The number of carbonyl (C=O) groups is 20. The number of cyclic esters (lactones) is 1. The smallest absolute Gasteiger partial charge is 0.335 e. The van der Waals surface area contributed by atoms with Crippen LogP contribution in [0.2, 0.25) is 0 Å². The molecule has 2 aromatic rings. The quantitative estimate of drug-likeness (QED) is 0.0222. The Morgan fingerprint density at radius 3 is 1.77 bits per heavy atom. The largest absolute Gasteiger partial charge is 0.481 e. The van der Waals surface area contributed by atoms with Gasteiger partial charge in [0.25, 0.3) is 0 Å². The molecule has 23 N–H and O–H groups in total. The third-order valence-electron chi connectivity index (χ3n) is 19.0. The van der Waals surface area contributed by atoms with Crippen LogP contribution in [0.4, 0.5) is 0 Å². The third-order valence-corrected chi connectivity index (χ3v) is 19.0. The van der Waals surface area contributed by atoms with Crippen molar-refractivity contribution in [3.8, 4) is 0 Å². The molecule has 43 nitrogen and oxygen atoms in total. The number of amides is 15. The number of likely N-dealkylation sites (N-methyl/N-ethyl adjacent to an activating group) is 1. The highest BCUT2D eigenvalue weighted by Gasteiger charge is 2.42. The normalized spacial score (nSPS) is 21.8. The van der Waals surface area contributed by atoms with Gasteiger partial charge in [-0.3, -0.25) is 86.3 Å². The summed E-state index contributed by atoms with van der Waals surface area (Å²) >= 11 is 0. The summed E-state index contributed by atoms with van der Waals surface area (Å²) < 4.78 is 10.8. The number of rotatable bonds is 38. The Labute approximate surface area is 667 Å². The molecular weight excluding hydrogens is 1530 g/mol. The van der Waals surface area contributed by atoms with Gasteiger partial charge >= 0.3 is 29.8 Å². The van der Waals surface area contributed by atoms with E-state index in [1.165, 1.54) is 13.8 Å². The van der Waals surface area contributed by atoms with E-state index in [0.29, 0.717) is 40.1 Å². The van der Waals surface area contributed by atoms with Gasteiger partial charge in [-0.15, -0.1) is 0 Å². The second kappa shape index (κ2) is 49.7. The maximum Gasteiger partial charge on any atom is 0.335 e. The average molecular weight is 1640 g/mol. The predicted octanol–water partition coefficient (Wildman–Crippen LogP) is -4.80. The number of ether oxygens (including phenoxy) is 2. The van der Waals surface area contributed by atoms with Gasteiger partial charge in [0, 0.05) is 56.9 Å². The third kappa shape index (κ3) is 34.0. The molecule has 1 aliphatic heterocycles. The fourth-order valence-corrected chi connectivity index (χ4v) is 12.0. The van der Waals surface area contributed by atoms with Crippen molar-refractivity contribution in [3.63, 3.8) is 0 Å². The zero-order valence-electron chi connectivity index (χ0n) is 66.1. The maximum absolute atomic E-state index is 15.0. The second-order valence-electron chi connectivity index (χ2n) is 28.3. The number of primary amides is 2. The molecule has 3 rings (SSSR count). The molecule has 1 aliphatic rings. The number of carboxylic acid groups (broad SMARTS) is 4. The molecule has 0 spiro atoms. The molecule has 43 heteroatoms. The van der Waals surface area contributed by atoms with Gasteiger partial charge in [0.05, 0.1) is 32.4 Å². The lowest BCUT2D eigenvalue weighted by molar-refractivity contribution is -0.159. The number of unbranched alkanes of at least 4 members (excludes halogenated alkanes) is 4. The fourth-order valence-electron chi connectivity index (χ4n) is 12.0. The highest BCUT2D eigenvalue weighted by atomic mass is 16.5. The minimum atomic E-state index is -2.30. The van der Waals surface area contributed by atoms with Crippen molar-refractivity contribution in [2.24, 2.45) is 29.0 Å². The molecular formula is C73H111N17O26. The van der Waals surface area contributed by atoms with Crippen LogP contribution in [0.3, 0.4) is 0 Å². The summed E-state index contributed by atoms with van der Waals surface area (Å²) in [5.74, 6) is -27.6. The minimum absolute atomic E-state index is 0.00341. The van der Waals surface area contributed by atoms with E-state index in [-0.39, 0.29) is 45.1 Å². The molecule has 2 heterocycles. The Kier molecular flexibility index (Phi) is 42.1. The van der Waals surface area contributed by atoms with Gasteiger partial charge in [-0.1, -0.05) is 84.4 Å². The number of aromatic nitrogens is 1. The summed E-state index contributed by atoms with van der Waals surface area (Å²) in [6.45, 7) is 6.89. The highest BCUT2D eigenvalue weighted by molar-refractivity contribution is 6.02.